The van der Waals surface area contributed by atoms with Crippen molar-refractivity contribution in [3.63, 3.8) is 0 Å². The number of halogens is 1. The van der Waals surface area contributed by atoms with E-state index < -0.39 is 0 Å². The Morgan fingerprint density at radius 3 is 3.10 bits per heavy atom. The van der Waals surface area contributed by atoms with E-state index in [4.69, 9.17) is 4.74 Å². The summed E-state index contributed by atoms with van der Waals surface area (Å²) >= 11 is 0. The fourth-order valence-electron chi connectivity index (χ4n) is 2.32. The van der Waals surface area contributed by atoms with Crippen LogP contribution >= 0.6 is 0 Å². The zero-order valence-electron chi connectivity index (χ0n) is 11.8. The van der Waals surface area contributed by atoms with Gasteiger partial charge in [-0.2, -0.15) is 0 Å². The Morgan fingerprint density at radius 1 is 1.33 bits per heavy atom. The van der Waals surface area contributed by atoms with Gasteiger partial charge in [-0.1, -0.05) is 0 Å². The van der Waals surface area contributed by atoms with Gasteiger partial charge in [0.15, 0.2) is 5.82 Å². The third-order valence-corrected chi connectivity index (χ3v) is 3.31. The van der Waals surface area contributed by atoms with Crippen LogP contribution in [0.2, 0.25) is 0 Å². The highest BCUT2D eigenvalue weighted by atomic mass is 19.1. The summed E-state index contributed by atoms with van der Waals surface area (Å²) in [6, 6.07) is 4.63. The SMILES string of the molecule is CCOCCCNc1ncnc2c1[nH]c1ccc(F)cc12. The van der Waals surface area contributed by atoms with Crippen LogP contribution in [0.1, 0.15) is 13.3 Å². The number of aromatic amines is 1. The van der Waals surface area contributed by atoms with E-state index in [0.717, 1.165) is 53.9 Å². The normalized spacial score (nSPS) is 11.3. The summed E-state index contributed by atoms with van der Waals surface area (Å²) in [5.74, 6) is 0.460. The van der Waals surface area contributed by atoms with Crippen molar-refractivity contribution in [3.05, 3.63) is 30.3 Å². The van der Waals surface area contributed by atoms with Crippen molar-refractivity contribution in [2.75, 3.05) is 25.1 Å². The minimum Gasteiger partial charge on any atom is -0.382 e. The Hall–Kier alpha value is -2.21. The summed E-state index contributed by atoms with van der Waals surface area (Å²) in [5, 5.41) is 4.03. The molecule has 0 saturated carbocycles. The average molecular weight is 288 g/mol. The number of anilines is 1. The van der Waals surface area contributed by atoms with E-state index >= 15 is 0 Å². The fraction of sp³-hybridized carbons (Fsp3) is 0.333. The van der Waals surface area contributed by atoms with Crippen LogP contribution in [0.25, 0.3) is 21.9 Å². The third kappa shape index (κ3) is 2.80. The van der Waals surface area contributed by atoms with Crippen molar-refractivity contribution in [3.8, 4) is 0 Å². The van der Waals surface area contributed by atoms with Gasteiger partial charge in [-0.25, -0.2) is 14.4 Å². The van der Waals surface area contributed by atoms with Crippen LogP contribution in [0.3, 0.4) is 0 Å². The van der Waals surface area contributed by atoms with Crippen LogP contribution in [-0.2, 0) is 4.74 Å². The van der Waals surface area contributed by atoms with Crippen molar-refractivity contribution in [2.45, 2.75) is 13.3 Å². The van der Waals surface area contributed by atoms with Gasteiger partial charge >= 0.3 is 0 Å². The predicted molar refractivity (Wildman–Crippen MR) is 81.0 cm³/mol. The maximum absolute atomic E-state index is 13.4. The second-order valence-electron chi connectivity index (χ2n) is 4.74. The highest BCUT2D eigenvalue weighted by molar-refractivity contribution is 6.07. The molecule has 5 nitrogen and oxygen atoms in total. The Balaban J connectivity index is 1.87. The van der Waals surface area contributed by atoms with Crippen LogP contribution in [0.15, 0.2) is 24.5 Å². The topological polar surface area (TPSA) is 62.8 Å². The standard InChI is InChI=1S/C15H17FN4O/c1-2-21-7-3-6-17-15-14-13(18-9-19-15)11-8-10(16)4-5-12(11)20-14/h4-5,8-9,20H,2-3,6-7H2,1H3,(H,17,18,19). The lowest BCUT2D eigenvalue weighted by Gasteiger charge is -2.06. The zero-order chi connectivity index (χ0) is 14.7. The molecule has 3 aromatic rings. The monoisotopic (exact) mass is 288 g/mol. The molecule has 2 heterocycles. The molecule has 0 atom stereocenters. The summed E-state index contributed by atoms with van der Waals surface area (Å²) < 4.78 is 18.7. The van der Waals surface area contributed by atoms with Gasteiger partial charge in [-0.15, -0.1) is 0 Å². The second-order valence-corrected chi connectivity index (χ2v) is 4.74. The minimum absolute atomic E-state index is 0.270. The maximum Gasteiger partial charge on any atom is 0.153 e. The van der Waals surface area contributed by atoms with Gasteiger partial charge in [0.05, 0.1) is 0 Å². The quantitative estimate of drug-likeness (QED) is 0.684. The molecule has 2 N–H and O–H groups in total. The van der Waals surface area contributed by atoms with E-state index in [-0.39, 0.29) is 5.82 Å². The lowest BCUT2D eigenvalue weighted by atomic mass is 10.2. The summed E-state index contributed by atoms with van der Waals surface area (Å²) in [6.45, 7) is 4.18. The van der Waals surface area contributed by atoms with Crippen molar-refractivity contribution in [2.24, 2.45) is 0 Å². The van der Waals surface area contributed by atoms with E-state index in [1.165, 1.54) is 18.5 Å². The van der Waals surface area contributed by atoms with Gasteiger partial charge in [-0.3, -0.25) is 0 Å². The molecule has 0 fully saturated rings. The number of benzene rings is 1. The molecule has 3 rings (SSSR count). The molecule has 0 amide bonds. The first-order chi connectivity index (χ1) is 10.3. The van der Waals surface area contributed by atoms with E-state index in [1.54, 1.807) is 6.07 Å². The van der Waals surface area contributed by atoms with Crippen molar-refractivity contribution >= 4 is 27.8 Å². The van der Waals surface area contributed by atoms with Crippen molar-refractivity contribution in [1.82, 2.24) is 15.0 Å². The number of nitrogens with one attached hydrogen (secondary N) is 2. The second kappa shape index (κ2) is 6.05. The van der Waals surface area contributed by atoms with Gasteiger partial charge in [0.25, 0.3) is 0 Å². The molecule has 0 saturated heterocycles. The molecular formula is C15H17FN4O. The first-order valence-corrected chi connectivity index (χ1v) is 7.03. The predicted octanol–water partition coefficient (Wildman–Crippen LogP) is 3.09. The lowest BCUT2D eigenvalue weighted by molar-refractivity contribution is 0.147. The fourth-order valence-corrected chi connectivity index (χ4v) is 2.32. The maximum atomic E-state index is 13.4. The highest BCUT2D eigenvalue weighted by Crippen LogP contribution is 2.27. The van der Waals surface area contributed by atoms with Gasteiger partial charge in [0.1, 0.15) is 23.2 Å². The molecule has 0 radical (unpaired) electrons. The number of aromatic nitrogens is 3. The number of rotatable bonds is 6. The van der Waals surface area contributed by atoms with E-state index in [1.807, 2.05) is 6.92 Å². The van der Waals surface area contributed by atoms with E-state index in [9.17, 15) is 4.39 Å². The van der Waals surface area contributed by atoms with Crippen molar-refractivity contribution in [1.29, 1.82) is 0 Å². The molecule has 0 unspecified atom stereocenters. The van der Waals surface area contributed by atoms with Crippen LogP contribution < -0.4 is 5.32 Å². The van der Waals surface area contributed by atoms with Crippen LogP contribution in [0.5, 0.6) is 0 Å². The number of H-pyrrole nitrogens is 1. The molecule has 21 heavy (non-hydrogen) atoms. The number of hydrogen-bond donors (Lipinski definition) is 2. The summed E-state index contributed by atoms with van der Waals surface area (Å²) in [4.78, 5) is 11.7. The van der Waals surface area contributed by atoms with E-state index in [2.05, 4.69) is 20.3 Å². The molecular weight excluding hydrogens is 271 g/mol. The molecule has 1 aromatic carbocycles. The van der Waals surface area contributed by atoms with Crippen LogP contribution in [0, 0.1) is 5.82 Å². The van der Waals surface area contributed by atoms with Crippen molar-refractivity contribution < 1.29 is 9.13 Å². The van der Waals surface area contributed by atoms with Gasteiger partial charge in [0, 0.05) is 30.7 Å². The van der Waals surface area contributed by atoms with E-state index in [0.29, 0.717) is 0 Å². The summed E-state index contributed by atoms with van der Waals surface area (Å²) in [7, 11) is 0. The lowest BCUT2D eigenvalue weighted by Crippen LogP contribution is -2.07. The first-order valence-electron chi connectivity index (χ1n) is 7.03. The average Bonchev–Trinajstić information content (AvgIpc) is 2.86. The van der Waals surface area contributed by atoms with Gasteiger partial charge < -0.3 is 15.0 Å². The third-order valence-electron chi connectivity index (χ3n) is 3.31. The van der Waals surface area contributed by atoms with Gasteiger partial charge in [0.2, 0.25) is 0 Å². The molecule has 0 bridgehead atoms. The molecule has 0 aliphatic carbocycles. The summed E-state index contributed by atoms with van der Waals surface area (Å²) in [5.41, 5.74) is 2.38. The van der Waals surface area contributed by atoms with Crippen LogP contribution in [0.4, 0.5) is 10.2 Å². The Bertz CT molecular complexity index is 756. The largest absolute Gasteiger partial charge is 0.382 e. The Morgan fingerprint density at radius 2 is 2.24 bits per heavy atom. The molecule has 0 spiro atoms. The van der Waals surface area contributed by atoms with Crippen LogP contribution in [-0.4, -0.2) is 34.7 Å². The minimum atomic E-state index is -0.270. The number of nitrogens with zero attached hydrogens (tertiary/aromatic N) is 2. The molecule has 0 aliphatic heterocycles. The molecule has 6 heteroatoms. The molecule has 2 aromatic heterocycles. The summed E-state index contributed by atoms with van der Waals surface area (Å²) in [6.07, 6.45) is 2.39. The zero-order valence-corrected chi connectivity index (χ0v) is 11.8. The number of hydrogen-bond acceptors (Lipinski definition) is 4. The Labute approximate surface area is 121 Å². The Kier molecular flexibility index (Phi) is 3.96. The number of ether oxygens (including phenoxy) is 1. The first kappa shape index (κ1) is 13.8. The van der Waals surface area contributed by atoms with Gasteiger partial charge in [-0.05, 0) is 31.5 Å². The molecule has 0 aliphatic rings. The number of fused-ring (bicyclic) bond motifs is 3. The highest BCUT2D eigenvalue weighted by Gasteiger charge is 2.10. The smallest absolute Gasteiger partial charge is 0.153 e. The molecule has 110 valence electrons.